The van der Waals surface area contributed by atoms with Crippen LogP contribution in [0.2, 0.25) is 0 Å². The van der Waals surface area contributed by atoms with Gasteiger partial charge in [0.15, 0.2) is 5.78 Å². The Bertz CT molecular complexity index is 577. The van der Waals surface area contributed by atoms with Gasteiger partial charge in [0.2, 0.25) is 0 Å². The molecule has 7 atom stereocenters. The van der Waals surface area contributed by atoms with Crippen LogP contribution in [-0.2, 0) is 4.79 Å². The number of hydrogen-bond acceptors (Lipinski definition) is 3. The van der Waals surface area contributed by atoms with Crippen molar-refractivity contribution in [2.24, 2.45) is 28.6 Å². The van der Waals surface area contributed by atoms with Crippen LogP contribution in [0, 0.1) is 28.6 Å². The second-order valence-corrected chi connectivity index (χ2v) is 9.38. The summed E-state index contributed by atoms with van der Waals surface area (Å²) in [6.45, 7) is 6.56. The molecule has 3 nitrogen and oxygen atoms in total. The third-order valence-corrected chi connectivity index (χ3v) is 8.55. The van der Waals surface area contributed by atoms with Gasteiger partial charge in [-0.15, -0.1) is 0 Å². The summed E-state index contributed by atoms with van der Waals surface area (Å²) < 4.78 is 0. The van der Waals surface area contributed by atoms with Gasteiger partial charge in [-0.3, -0.25) is 4.79 Å². The molecule has 0 aromatic rings. The van der Waals surface area contributed by atoms with Gasteiger partial charge in [-0.2, -0.15) is 0 Å². The van der Waals surface area contributed by atoms with E-state index < -0.39 is 5.60 Å². The molecule has 4 aliphatic carbocycles. The zero-order chi connectivity index (χ0) is 16.6. The number of ketones is 1. The molecule has 0 heterocycles. The third kappa shape index (κ3) is 1.93. The number of hydrogen-bond donors (Lipinski definition) is 2. The summed E-state index contributed by atoms with van der Waals surface area (Å²) in [4.78, 5) is 11.9. The summed E-state index contributed by atoms with van der Waals surface area (Å²) >= 11 is 0. The Morgan fingerprint density at radius 1 is 1.09 bits per heavy atom. The molecule has 0 radical (unpaired) electrons. The molecule has 0 spiro atoms. The van der Waals surface area contributed by atoms with Gasteiger partial charge in [0.1, 0.15) is 0 Å². The average molecular weight is 318 g/mol. The molecule has 0 saturated heterocycles. The maximum absolute atomic E-state index is 11.9. The van der Waals surface area contributed by atoms with E-state index in [9.17, 15) is 15.0 Å². The Labute approximate surface area is 139 Å². The van der Waals surface area contributed by atoms with Gasteiger partial charge in [0, 0.05) is 6.42 Å². The smallest absolute Gasteiger partial charge is 0.155 e. The fraction of sp³-hybridized carbons (Fsp3) is 0.850. The van der Waals surface area contributed by atoms with Crippen molar-refractivity contribution in [1.29, 1.82) is 0 Å². The van der Waals surface area contributed by atoms with E-state index in [2.05, 4.69) is 13.8 Å². The molecule has 3 saturated carbocycles. The highest BCUT2D eigenvalue weighted by Crippen LogP contribution is 2.67. The molecule has 2 N–H and O–H groups in total. The van der Waals surface area contributed by atoms with Crippen molar-refractivity contribution >= 4 is 5.78 Å². The maximum atomic E-state index is 11.9. The molecule has 4 aliphatic rings. The zero-order valence-electron chi connectivity index (χ0n) is 14.6. The number of carbonyl (C=O) groups excluding carboxylic acids is 1. The zero-order valence-corrected chi connectivity index (χ0v) is 14.6. The van der Waals surface area contributed by atoms with Crippen molar-refractivity contribution in [2.45, 2.75) is 77.4 Å². The molecule has 0 bridgehead atoms. The quantitative estimate of drug-likeness (QED) is 0.721. The largest absolute Gasteiger partial charge is 0.392 e. The SMILES string of the molecule is C[C@]12CCC(=O)C=C1C[C@H](O)[C@@H]1[C@@H]2CC[C@@]2(C)[C@H]1CC[C@@]2(C)O. The summed E-state index contributed by atoms with van der Waals surface area (Å²) in [6, 6.07) is 0. The Morgan fingerprint density at radius 3 is 2.52 bits per heavy atom. The molecule has 0 unspecified atom stereocenters. The predicted octanol–water partition coefficient (Wildman–Crippen LogP) is 3.24. The molecular formula is C20H30O3. The lowest BCUT2D eigenvalue weighted by molar-refractivity contribution is -0.147. The van der Waals surface area contributed by atoms with Crippen LogP contribution in [0.5, 0.6) is 0 Å². The molecule has 23 heavy (non-hydrogen) atoms. The van der Waals surface area contributed by atoms with E-state index in [0.717, 1.165) is 32.1 Å². The first-order valence-corrected chi connectivity index (χ1v) is 9.33. The maximum Gasteiger partial charge on any atom is 0.155 e. The van der Waals surface area contributed by atoms with Crippen LogP contribution in [0.3, 0.4) is 0 Å². The first-order valence-electron chi connectivity index (χ1n) is 9.33. The topological polar surface area (TPSA) is 57.5 Å². The van der Waals surface area contributed by atoms with Crippen molar-refractivity contribution in [3.63, 3.8) is 0 Å². The number of fused-ring (bicyclic) bond motifs is 5. The molecule has 0 aliphatic heterocycles. The Balaban J connectivity index is 1.74. The minimum Gasteiger partial charge on any atom is -0.392 e. The first-order chi connectivity index (χ1) is 10.7. The van der Waals surface area contributed by atoms with E-state index in [4.69, 9.17) is 0 Å². The summed E-state index contributed by atoms with van der Waals surface area (Å²) in [5.74, 6) is 1.37. The molecule has 4 rings (SSSR count). The van der Waals surface area contributed by atoms with Crippen LogP contribution >= 0.6 is 0 Å². The van der Waals surface area contributed by atoms with Crippen molar-refractivity contribution in [3.8, 4) is 0 Å². The number of carbonyl (C=O) groups is 1. The fourth-order valence-corrected chi connectivity index (χ4v) is 6.77. The van der Waals surface area contributed by atoms with Gasteiger partial charge >= 0.3 is 0 Å². The predicted molar refractivity (Wildman–Crippen MR) is 88.7 cm³/mol. The summed E-state index contributed by atoms with van der Waals surface area (Å²) in [7, 11) is 0. The van der Waals surface area contributed by atoms with Crippen LogP contribution < -0.4 is 0 Å². The molecule has 0 aromatic heterocycles. The van der Waals surface area contributed by atoms with Crippen LogP contribution in [0.15, 0.2) is 11.6 Å². The lowest BCUT2D eigenvalue weighted by Gasteiger charge is -2.60. The highest BCUT2D eigenvalue weighted by Gasteiger charge is 2.64. The molecule has 3 heteroatoms. The van der Waals surface area contributed by atoms with E-state index in [1.54, 1.807) is 0 Å². The highest BCUT2D eigenvalue weighted by molar-refractivity contribution is 5.91. The van der Waals surface area contributed by atoms with Gasteiger partial charge in [0.05, 0.1) is 11.7 Å². The minimum atomic E-state index is -0.609. The van der Waals surface area contributed by atoms with Crippen LogP contribution in [0.25, 0.3) is 0 Å². The lowest BCUT2D eigenvalue weighted by Crippen LogP contribution is -2.57. The second-order valence-electron chi connectivity index (χ2n) is 9.38. The molecule has 0 aromatic carbocycles. The van der Waals surface area contributed by atoms with E-state index >= 15 is 0 Å². The normalized spacial score (nSPS) is 55.7. The van der Waals surface area contributed by atoms with Crippen molar-refractivity contribution in [3.05, 3.63) is 11.6 Å². The van der Waals surface area contributed by atoms with Gasteiger partial charge in [0.25, 0.3) is 0 Å². The van der Waals surface area contributed by atoms with Gasteiger partial charge in [-0.05, 0) is 80.1 Å². The Kier molecular flexibility index (Phi) is 3.23. The number of aliphatic hydroxyl groups is 2. The molecule has 3 fully saturated rings. The standard InChI is InChI=1S/C20H30O3/c1-18-7-4-13(21)10-12(18)11-16(22)17-14(18)5-8-19(2)15(17)6-9-20(19,3)23/h10,14-17,22-23H,4-9,11H2,1-3H3/t14-,15-,16-,17+,18-,19-,20+/m0/s1. The van der Waals surface area contributed by atoms with Gasteiger partial charge < -0.3 is 10.2 Å². The second kappa shape index (κ2) is 4.70. The van der Waals surface area contributed by atoms with Gasteiger partial charge in [-0.1, -0.05) is 19.4 Å². The summed E-state index contributed by atoms with van der Waals surface area (Å²) in [6.07, 6.45) is 7.69. The average Bonchev–Trinajstić information content (AvgIpc) is 2.72. The lowest BCUT2D eigenvalue weighted by atomic mass is 9.46. The Hall–Kier alpha value is -0.670. The van der Waals surface area contributed by atoms with Crippen LogP contribution in [0.4, 0.5) is 0 Å². The Morgan fingerprint density at radius 2 is 1.78 bits per heavy atom. The van der Waals surface area contributed by atoms with Crippen molar-refractivity contribution in [1.82, 2.24) is 0 Å². The highest BCUT2D eigenvalue weighted by atomic mass is 16.3. The van der Waals surface area contributed by atoms with E-state index in [1.165, 1.54) is 5.57 Å². The molecule has 0 amide bonds. The van der Waals surface area contributed by atoms with E-state index in [-0.39, 0.29) is 28.6 Å². The van der Waals surface area contributed by atoms with Crippen LogP contribution in [0.1, 0.15) is 65.7 Å². The van der Waals surface area contributed by atoms with Crippen molar-refractivity contribution in [2.75, 3.05) is 0 Å². The monoisotopic (exact) mass is 318 g/mol. The summed E-state index contributed by atoms with van der Waals surface area (Å²) in [5, 5.41) is 21.9. The first kappa shape index (κ1) is 15.8. The van der Waals surface area contributed by atoms with Crippen molar-refractivity contribution < 1.29 is 15.0 Å². The molecular weight excluding hydrogens is 288 g/mol. The third-order valence-electron chi connectivity index (χ3n) is 8.55. The van der Waals surface area contributed by atoms with Crippen LogP contribution in [-0.4, -0.2) is 27.7 Å². The summed E-state index contributed by atoms with van der Waals surface area (Å²) in [5.41, 5.74) is 0.586. The number of aliphatic hydroxyl groups excluding tert-OH is 1. The number of rotatable bonds is 0. The van der Waals surface area contributed by atoms with E-state index in [0.29, 0.717) is 24.7 Å². The molecule has 128 valence electrons. The van der Waals surface area contributed by atoms with Gasteiger partial charge in [-0.25, -0.2) is 0 Å². The fourth-order valence-electron chi connectivity index (χ4n) is 6.77. The minimum absolute atomic E-state index is 0.0722. The van der Waals surface area contributed by atoms with E-state index in [1.807, 2.05) is 13.0 Å².